The first-order valence-electron chi connectivity index (χ1n) is 5.81. The van der Waals surface area contributed by atoms with Crippen molar-refractivity contribution in [3.8, 4) is 11.5 Å². The van der Waals surface area contributed by atoms with Gasteiger partial charge in [0.25, 0.3) is 0 Å². The Kier molecular flexibility index (Phi) is 2.90. The highest BCUT2D eigenvalue weighted by molar-refractivity contribution is 5.74. The SMILES string of the molecule is Cc1cc(O)cc(O)c1C1=CC(C)CCC1. The number of benzene rings is 1. The second-order valence-corrected chi connectivity index (χ2v) is 4.72. The molecule has 2 rings (SSSR count). The highest BCUT2D eigenvalue weighted by Crippen LogP contribution is 2.38. The quantitative estimate of drug-likeness (QED) is 0.756. The van der Waals surface area contributed by atoms with Crippen molar-refractivity contribution in [1.29, 1.82) is 0 Å². The molecule has 0 bridgehead atoms. The van der Waals surface area contributed by atoms with E-state index >= 15 is 0 Å². The van der Waals surface area contributed by atoms with Gasteiger partial charge in [-0.2, -0.15) is 0 Å². The molecule has 0 amide bonds. The average Bonchev–Trinajstić information content (AvgIpc) is 2.15. The van der Waals surface area contributed by atoms with Gasteiger partial charge in [0.1, 0.15) is 11.5 Å². The zero-order chi connectivity index (χ0) is 11.7. The second-order valence-electron chi connectivity index (χ2n) is 4.72. The number of hydrogen-bond acceptors (Lipinski definition) is 2. The summed E-state index contributed by atoms with van der Waals surface area (Å²) in [6.07, 6.45) is 5.65. The van der Waals surface area contributed by atoms with Crippen LogP contribution >= 0.6 is 0 Å². The monoisotopic (exact) mass is 218 g/mol. The molecule has 1 atom stereocenters. The van der Waals surface area contributed by atoms with Gasteiger partial charge in [-0.3, -0.25) is 0 Å². The van der Waals surface area contributed by atoms with Crippen LogP contribution in [0.5, 0.6) is 11.5 Å². The molecule has 0 saturated carbocycles. The maximum absolute atomic E-state index is 9.91. The Hall–Kier alpha value is -1.44. The van der Waals surface area contributed by atoms with Gasteiger partial charge in [-0.25, -0.2) is 0 Å². The molecule has 0 heterocycles. The third-order valence-corrected chi connectivity index (χ3v) is 3.21. The van der Waals surface area contributed by atoms with E-state index in [4.69, 9.17) is 0 Å². The number of rotatable bonds is 1. The van der Waals surface area contributed by atoms with E-state index in [-0.39, 0.29) is 11.5 Å². The number of hydrogen-bond donors (Lipinski definition) is 2. The molecular formula is C14H18O2. The van der Waals surface area contributed by atoms with Gasteiger partial charge in [-0.15, -0.1) is 0 Å². The van der Waals surface area contributed by atoms with Gasteiger partial charge >= 0.3 is 0 Å². The molecular weight excluding hydrogens is 200 g/mol. The summed E-state index contributed by atoms with van der Waals surface area (Å²) in [5.41, 5.74) is 3.07. The largest absolute Gasteiger partial charge is 0.508 e. The molecule has 0 aliphatic heterocycles. The van der Waals surface area contributed by atoms with E-state index in [0.717, 1.165) is 17.5 Å². The molecule has 2 N–H and O–H groups in total. The highest BCUT2D eigenvalue weighted by atomic mass is 16.3. The van der Waals surface area contributed by atoms with Crippen molar-refractivity contribution in [1.82, 2.24) is 0 Å². The van der Waals surface area contributed by atoms with Crippen molar-refractivity contribution >= 4 is 5.57 Å². The van der Waals surface area contributed by atoms with E-state index in [1.54, 1.807) is 6.07 Å². The van der Waals surface area contributed by atoms with Crippen LogP contribution in [0.2, 0.25) is 0 Å². The summed E-state index contributed by atoms with van der Waals surface area (Å²) < 4.78 is 0. The fourth-order valence-electron chi connectivity index (χ4n) is 2.50. The number of phenolic OH excluding ortho intramolecular Hbond substituents is 2. The van der Waals surface area contributed by atoms with Crippen LogP contribution in [0.3, 0.4) is 0 Å². The molecule has 1 aliphatic rings. The number of allylic oxidation sites excluding steroid dienone is 2. The summed E-state index contributed by atoms with van der Waals surface area (Å²) in [5.74, 6) is 0.900. The Morgan fingerprint density at radius 1 is 1.25 bits per heavy atom. The highest BCUT2D eigenvalue weighted by Gasteiger charge is 2.16. The molecule has 2 heteroatoms. The minimum atomic E-state index is 0.128. The number of phenols is 2. The lowest BCUT2D eigenvalue weighted by atomic mass is 9.86. The summed E-state index contributed by atoms with van der Waals surface area (Å²) in [5, 5.41) is 19.3. The Bertz CT molecular complexity index is 409. The summed E-state index contributed by atoms with van der Waals surface area (Å²) >= 11 is 0. The smallest absolute Gasteiger partial charge is 0.127 e. The first kappa shape index (κ1) is 11.1. The maximum Gasteiger partial charge on any atom is 0.127 e. The third kappa shape index (κ3) is 2.06. The van der Waals surface area contributed by atoms with Crippen molar-refractivity contribution in [3.05, 3.63) is 29.3 Å². The molecule has 0 saturated heterocycles. The van der Waals surface area contributed by atoms with Gasteiger partial charge in [-0.1, -0.05) is 13.0 Å². The number of aromatic hydroxyl groups is 2. The predicted molar refractivity (Wildman–Crippen MR) is 65.5 cm³/mol. The average molecular weight is 218 g/mol. The minimum Gasteiger partial charge on any atom is -0.508 e. The van der Waals surface area contributed by atoms with Crippen molar-refractivity contribution < 1.29 is 10.2 Å². The molecule has 1 aliphatic carbocycles. The van der Waals surface area contributed by atoms with Crippen LogP contribution in [-0.4, -0.2) is 10.2 Å². The fraction of sp³-hybridized carbons (Fsp3) is 0.429. The molecule has 2 nitrogen and oxygen atoms in total. The van der Waals surface area contributed by atoms with Gasteiger partial charge in [0.05, 0.1) is 0 Å². The Labute approximate surface area is 96.2 Å². The molecule has 1 aromatic rings. The van der Waals surface area contributed by atoms with E-state index in [9.17, 15) is 10.2 Å². The van der Waals surface area contributed by atoms with E-state index in [0.29, 0.717) is 5.92 Å². The van der Waals surface area contributed by atoms with Crippen molar-refractivity contribution in [2.24, 2.45) is 5.92 Å². The fourth-order valence-corrected chi connectivity index (χ4v) is 2.50. The van der Waals surface area contributed by atoms with E-state index in [2.05, 4.69) is 13.0 Å². The molecule has 0 radical (unpaired) electrons. The molecule has 86 valence electrons. The van der Waals surface area contributed by atoms with E-state index in [1.807, 2.05) is 6.92 Å². The van der Waals surface area contributed by atoms with Gasteiger partial charge in [0.2, 0.25) is 0 Å². The first-order valence-corrected chi connectivity index (χ1v) is 5.81. The van der Waals surface area contributed by atoms with E-state index in [1.165, 1.54) is 24.5 Å². The maximum atomic E-state index is 9.91. The van der Waals surface area contributed by atoms with Crippen LogP contribution < -0.4 is 0 Å². The van der Waals surface area contributed by atoms with Crippen LogP contribution in [0.1, 0.15) is 37.3 Å². The molecule has 0 fully saturated rings. The Balaban J connectivity index is 2.47. The Morgan fingerprint density at radius 3 is 2.62 bits per heavy atom. The zero-order valence-electron chi connectivity index (χ0n) is 9.83. The van der Waals surface area contributed by atoms with Gasteiger partial charge in [0, 0.05) is 11.6 Å². The second kappa shape index (κ2) is 4.20. The normalized spacial score (nSPS) is 20.6. The van der Waals surface area contributed by atoms with Gasteiger partial charge in [-0.05, 0) is 49.3 Å². The van der Waals surface area contributed by atoms with Crippen LogP contribution in [0.4, 0.5) is 0 Å². The number of aryl methyl sites for hydroxylation is 1. The predicted octanol–water partition coefficient (Wildman–Crippen LogP) is 3.61. The Morgan fingerprint density at radius 2 is 2.00 bits per heavy atom. The molecule has 16 heavy (non-hydrogen) atoms. The van der Waals surface area contributed by atoms with Crippen LogP contribution in [0.25, 0.3) is 5.57 Å². The summed E-state index contributed by atoms with van der Waals surface area (Å²) in [7, 11) is 0. The third-order valence-electron chi connectivity index (χ3n) is 3.21. The van der Waals surface area contributed by atoms with Crippen LogP contribution in [0.15, 0.2) is 18.2 Å². The lowest BCUT2D eigenvalue weighted by Gasteiger charge is -2.20. The molecule has 0 aromatic heterocycles. The van der Waals surface area contributed by atoms with Crippen molar-refractivity contribution in [2.45, 2.75) is 33.1 Å². The molecule has 1 aromatic carbocycles. The van der Waals surface area contributed by atoms with Crippen molar-refractivity contribution in [3.63, 3.8) is 0 Å². The standard InChI is InChI=1S/C14H18O2/c1-9-4-3-5-11(6-9)14-10(2)7-12(15)8-13(14)16/h6-9,15-16H,3-5H2,1-2H3. The van der Waals surface area contributed by atoms with Gasteiger partial charge < -0.3 is 10.2 Å². The molecule has 1 unspecified atom stereocenters. The minimum absolute atomic E-state index is 0.128. The lowest BCUT2D eigenvalue weighted by Crippen LogP contribution is -2.01. The van der Waals surface area contributed by atoms with Crippen molar-refractivity contribution in [2.75, 3.05) is 0 Å². The summed E-state index contributed by atoms with van der Waals surface area (Å²) in [6.45, 7) is 4.13. The van der Waals surface area contributed by atoms with E-state index < -0.39 is 0 Å². The topological polar surface area (TPSA) is 40.5 Å². The van der Waals surface area contributed by atoms with Crippen LogP contribution in [0, 0.1) is 12.8 Å². The molecule has 0 spiro atoms. The lowest BCUT2D eigenvalue weighted by molar-refractivity contribution is 0.448. The first-order chi connectivity index (χ1) is 7.58. The summed E-state index contributed by atoms with van der Waals surface area (Å²) in [4.78, 5) is 0. The van der Waals surface area contributed by atoms with Crippen LogP contribution in [-0.2, 0) is 0 Å². The zero-order valence-corrected chi connectivity index (χ0v) is 9.83. The summed E-state index contributed by atoms with van der Waals surface area (Å²) in [6, 6.07) is 3.12. The van der Waals surface area contributed by atoms with Gasteiger partial charge in [0.15, 0.2) is 0 Å².